The zero-order valence-corrected chi connectivity index (χ0v) is 15.3. The molecule has 1 aromatic heterocycles. The topological polar surface area (TPSA) is 21.1 Å². The molecule has 3 aromatic rings. The van der Waals surface area contributed by atoms with Crippen LogP contribution in [0.5, 0.6) is 0 Å². The van der Waals surface area contributed by atoms with E-state index in [1.807, 2.05) is 6.07 Å². The van der Waals surface area contributed by atoms with Gasteiger partial charge in [-0.3, -0.25) is 4.90 Å². The summed E-state index contributed by atoms with van der Waals surface area (Å²) in [6, 6.07) is 13.4. The Morgan fingerprint density at radius 1 is 0.964 bits per heavy atom. The molecule has 0 bridgehead atoms. The van der Waals surface area contributed by atoms with Crippen molar-refractivity contribution in [2.24, 2.45) is 5.92 Å². The van der Waals surface area contributed by atoms with Crippen LogP contribution in [0.2, 0.25) is 0 Å². The van der Waals surface area contributed by atoms with E-state index in [1.165, 1.54) is 10.6 Å². The summed E-state index contributed by atoms with van der Waals surface area (Å²) >= 11 is 0. The van der Waals surface area contributed by atoms with Gasteiger partial charge in [0.25, 0.3) is 0 Å². The molecule has 0 spiro atoms. The molecule has 0 atom stereocenters. The lowest BCUT2D eigenvalue weighted by Crippen LogP contribution is -2.35. The summed E-state index contributed by atoms with van der Waals surface area (Å²) in [4.78, 5) is 5.97. The lowest BCUT2D eigenvalue weighted by molar-refractivity contribution is -0.147. The van der Waals surface area contributed by atoms with E-state index in [-0.39, 0.29) is 11.7 Å². The number of piperidine rings is 1. The fourth-order valence-electron chi connectivity index (χ4n) is 3.93. The van der Waals surface area contributed by atoms with Crippen LogP contribution in [0.15, 0.2) is 48.5 Å². The van der Waals surface area contributed by atoms with E-state index in [4.69, 9.17) is 0 Å². The van der Waals surface area contributed by atoms with Gasteiger partial charge in [-0.1, -0.05) is 30.3 Å². The van der Waals surface area contributed by atoms with Crippen LogP contribution in [0.1, 0.15) is 24.2 Å². The minimum atomic E-state index is -4.48. The van der Waals surface area contributed by atoms with Gasteiger partial charge in [-0.15, -0.1) is 0 Å². The SMILES string of the molecule is Fc1ccccc1CN1CCC(Cn2c(C(F)(F)F)nc3ccccc32)CC1. The van der Waals surface area contributed by atoms with Crippen LogP contribution in [0.25, 0.3) is 11.0 Å². The maximum atomic E-state index is 13.8. The Bertz CT molecular complexity index is 956. The number of halogens is 4. The minimum Gasteiger partial charge on any atom is -0.320 e. The number of likely N-dealkylation sites (tertiary alicyclic amines) is 1. The zero-order chi connectivity index (χ0) is 19.7. The van der Waals surface area contributed by atoms with E-state index >= 15 is 0 Å². The molecule has 0 radical (unpaired) electrons. The van der Waals surface area contributed by atoms with Crippen molar-refractivity contribution >= 4 is 11.0 Å². The first-order valence-electron chi connectivity index (χ1n) is 9.40. The van der Waals surface area contributed by atoms with Gasteiger partial charge in [0.15, 0.2) is 0 Å². The Morgan fingerprint density at radius 3 is 2.36 bits per heavy atom. The van der Waals surface area contributed by atoms with Gasteiger partial charge in [-0.25, -0.2) is 9.37 Å². The summed E-state index contributed by atoms with van der Waals surface area (Å²) in [5.74, 6) is -0.914. The molecule has 1 saturated heterocycles. The van der Waals surface area contributed by atoms with E-state index in [0.29, 0.717) is 29.7 Å². The Balaban J connectivity index is 1.46. The van der Waals surface area contributed by atoms with Crippen LogP contribution in [-0.2, 0) is 19.3 Å². The Kier molecular flexibility index (Phi) is 5.10. The molecule has 0 N–H and O–H groups in total. The van der Waals surface area contributed by atoms with Crippen molar-refractivity contribution in [2.75, 3.05) is 13.1 Å². The lowest BCUT2D eigenvalue weighted by Gasteiger charge is -2.32. The van der Waals surface area contributed by atoms with Gasteiger partial charge in [0, 0.05) is 18.7 Å². The number of fused-ring (bicyclic) bond motifs is 1. The quantitative estimate of drug-likeness (QED) is 0.577. The van der Waals surface area contributed by atoms with Gasteiger partial charge in [0.1, 0.15) is 5.82 Å². The fourth-order valence-corrected chi connectivity index (χ4v) is 3.93. The van der Waals surface area contributed by atoms with Crippen molar-refractivity contribution in [2.45, 2.75) is 32.1 Å². The van der Waals surface area contributed by atoms with Gasteiger partial charge in [0.05, 0.1) is 11.0 Å². The van der Waals surface area contributed by atoms with E-state index in [2.05, 4.69) is 9.88 Å². The number of imidazole rings is 1. The third-order valence-corrected chi connectivity index (χ3v) is 5.41. The van der Waals surface area contributed by atoms with E-state index < -0.39 is 12.0 Å². The molecule has 0 amide bonds. The molecule has 0 saturated carbocycles. The zero-order valence-electron chi connectivity index (χ0n) is 15.3. The molecule has 148 valence electrons. The van der Waals surface area contributed by atoms with Gasteiger partial charge in [-0.2, -0.15) is 13.2 Å². The van der Waals surface area contributed by atoms with Gasteiger partial charge in [-0.05, 0) is 50.0 Å². The normalized spacial score (nSPS) is 16.7. The van der Waals surface area contributed by atoms with Crippen LogP contribution >= 0.6 is 0 Å². The van der Waals surface area contributed by atoms with Crippen LogP contribution < -0.4 is 0 Å². The maximum Gasteiger partial charge on any atom is 0.449 e. The third kappa shape index (κ3) is 3.90. The standard InChI is InChI=1S/C21H21F4N3/c22-17-6-2-1-5-16(17)14-27-11-9-15(10-12-27)13-28-19-8-4-3-7-18(19)26-20(28)21(23,24)25/h1-8,15H,9-14H2. The molecular weight excluding hydrogens is 370 g/mol. The highest BCUT2D eigenvalue weighted by molar-refractivity contribution is 5.76. The molecule has 0 aliphatic carbocycles. The predicted molar refractivity (Wildman–Crippen MR) is 99.1 cm³/mol. The van der Waals surface area contributed by atoms with E-state index in [1.54, 1.807) is 36.4 Å². The molecule has 0 unspecified atom stereocenters. The maximum absolute atomic E-state index is 13.8. The first-order chi connectivity index (χ1) is 13.4. The van der Waals surface area contributed by atoms with Crippen LogP contribution in [0, 0.1) is 11.7 Å². The van der Waals surface area contributed by atoms with Crippen LogP contribution in [-0.4, -0.2) is 27.5 Å². The largest absolute Gasteiger partial charge is 0.449 e. The highest BCUT2D eigenvalue weighted by atomic mass is 19.4. The Labute approximate surface area is 160 Å². The number of hydrogen-bond acceptors (Lipinski definition) is 2. The number of benzene rings is 2. The average molecular weight is 391 g/mol. The number of para-hydroxylation sites is 2. The molecule has 4 rings (SSSR count). The molecule has 1 aliphatic heterocycles. The monoisotopic (exact) mass is 391 g/mol. The highest BCUT2D eigenvalue weighted by Crippen LogP contribution is 2.33. The van der Waals surface area contributed by atoms with Crippen LogP contribution in [0.3, 0.4) is 0 Å². The minimum absolute atomic E-state index is 0.135. The highest BCUT2D eigenvalue weighted by Gasteiger charge is 2.38. The molecule has 3 nitrogen and oxygen atoms in total. The Hall–Kier alpha value is -2.41. The summed E-state index contributed by atoms with van der Waals surface area (Å²) in [6.45, 7) is 2.31. The van der Waals surface area contributed by atoms with Crippen molar-refractivity contribution in [1.82, 2.24) is 14.5 Å². The van der Waals surface area contributed by atoms with Crippen molar-refractivity contribution in [1.29, 1.82) is 0 Å². The summed E-state index contributed by atoms with van der Waals surface area (Å²) in [7, 11) is 0. The number of alkyl halides is 3. The molecular formula is C21H21F4N3. The second-order valence-electron chi connectivity index (χ2n) is 7.34. The predicted octanol–water partition coefficient (Wildman–Crippen LogP) is 5.11. The van der Waals surface area contributed by atoms with Crippen LogP contribution in [0.4, 0.5) is 17.6 Å². The van der Waals surface area contributed by atoms with E-state index in [9.17, 15) is 17.6 Å². The van der Waals surface area contributed by atoms with Crippen molar-refractivity contribution < 1.29 is 17.6 Å². The smallest absolute Gasteiger partial charge is 0.320 e. The summed E-state index contributed by atoms with van der Waals surface area (Å²) in [5.41, 5.74) is 1.54. The summed E-state index contributed by atoms with van der Waals surface area (Å²) in [6.07, 6.45) is -2.93. The molecule has 7 heteroatoms. The summed E-state index contributed by atoms with van der Waals surface area (Å²) < 4.78 is 55.5. The second-order valence-corrected chi connectivity index (χ2v) is 7.34. The summed E-state index contributed by atoms with van der Waals surface area (Å²) in [5, 5.41) is 0. The Morgan fingerprint density at radius 2 is 1.64 bits per heavy atom. The van der Waals surface area contributed by atoms with Gasteiger partial charge >= 0.3 is 6.18 Å². The van der Waals surface area contributed by atoms with Crippen molar-refractivity contribution in [3.63, 3.8) is 0 Å². The molecule has 2 heterocycles. The molecule has 28 heavy (non-hydrogen) atoms. The van der Waals surface area contributed by atoms with Gasteiger partial charge in [0.2, 0.25) is 5.82 Å². The van der Waals surface area contributed by atoms with Crippen molar-refractivity contribution in [3.05, 3.63) is 65.7 Å². The molecule has 2 aromatic carbocycles. The number of hydrogen-bond donors (Lipinski definition) is 0. The van der Waals surface area contributed by atoms with Gasteiger partial charge < -0.3 is 4.57 Å². The first kappa shape index (κ1) is 18.9. The second kappa shape index (κ2) is 7.54. The number of aromatic nitrogens is 2. The molecule has 1 fully saturated rings. The van der Waals surface area contributed by atoms with Crippen molar-refractivity contribution in [3.8, 4) is 0 Å². The van der Waals surface area contributed by atoms with E-state index in [0.717, 1.165) is 25.9 Å². The molecule has 1 aliphatic rings. The average Bonchev–Trinajstić information content (AvgIpc) is 3.04. The lowest BCUT2D eigenvalue weighted by atomic mass is 9.96. The first-order valence-corrected chi connectivity index (χ1v) is 9.40. The third-order valence-electron chi connectivity index (χ3n) is 5.41. The fraction of sp³-hybridized carbons (Fsp3) is 0.381. The number of rotatable bonds is 4. The number of nitrogens with zero attached hydrogens (tertiary/aromatic N) is 3.